The van der Waals surface area contributed by atoms with E-state index in [-0.39, 0.29) is 12.5 Å². The summed E-state index contributed by atoms with van der Waals surface area (Å²) < 4.78 is 10.9. The van der Waals surface area contributed by atoms with E-state index < -0.39 is 0 Å². The molecule has 1 saturated heterocycles. The summed E-state index contributed by atoms with van der Waals surface area (Å²) in [7, 11) is 3.75. The zero-order valence-corrected chi connectivity index (χ0v) is 16.0. The summed E-state index contributed by atoms with van der Waals surface area (Å²) in [5.74, 6) is 1.10. The van der Waals surface area contributed by atoms with Gasteiger partial charge in [-0.1, -0.05) is 12.1 Å². The first kappa shape index (κ1) is 20.3. The van der Waals surface area contributed by atoms with E-state index in [1.807, 2.05) is 24.3 Å². The molecule has 0 aliphatic carbocycles. The van der Waals surface area contributed by atoms with Crippen LogP contribution in [-0.2, 0) is 11.2 Å². The van der Waals surface area contributed by atoms with Gasteiger partial charge in [-0.15, -0.1) is 6.58 Å². The molecule has 1 fully saturated rings. The Morgan fingerprint density at radius 3 is 2.73 bits per heavy atom. The summed E-state index contributed by atoms with van der Waals surface area (Å²) in [5.41, 5.74) is 1.09. The molecule has 1 aromatic rings. The number of rotatable bonds is 10. The third kappa shape index (κ3) is 6.69. The number of piperazine rings is 1. The van der Waals surface area contributed by atoms with Crippen LogP contribution < -0.4 is 14.8 Å². The zero-order chi connectivity index (χ0) is 18.8. The van der Waals surface area contributed by atoms with Crippen molar-refractivity contribution in [3.05, 3.63) is 36.4 Å². The van der Waals surface area contributed by atoms with Crippen LogP contribution in [0.3, 0.4) is 0 Å². The normalized spacial score (nSPS) is 15.5. The number of nitrogens with one attached hydrogen (secondary N) is 1. The van der Waals surface area contributed by atoms with E-state index in [9.17, 15) is 4.79 Å². The van der Waals surface area contributed by atoms with Gasteiger partial charge in [0, 0.05) is 32.7 Å². The van der Waals surface area contributed by atoms with Gasteiger partial charge in [0.15, 0.2) is 18.1 Å². The van der Waals surface area contributed by atoms with E-state index in [0.717, 1.165) is 51.1 Å². The number of allylic oxidation sites excluding steroid dienone is 1. The molecule has 0 radical (unpaired) electrons. The van der Waals surface area contributed by atoms with Crippen LogP contribution in [-0.4, -0.2) is 75.7 Å². The standard InChI is InChI=1S/C20H31N3O3/c1-4-6-17-7-8-18(19(15-17)25-3)26-16-20(24)21-9-5-10-23-13-11-22(2)12-14-23/h4,7-8,15H,1,5-6,9-14,16H2,2-3H3,(H,21,24). The summed E-state index contributed by atoms with van der Waals surface area (Å²) in [6.07, 6.45) is 3.56. The Morgan fingerprint density at radius 2 is 2.04 bits per heavy atom. The maximum atomic E-state index is 12.0. The molecule has 1 aliphatic rings. The highest BCUT2D eigenvalue weighted by Crippen LogP contribution is 2.28. The van der Waals surface area contributed by atoms with Crippen molar-refractivity contribution >= 4 is 5.91 Å². The van der Waals surface area contributed by atoms with Gasteiger partial charge in [0.2, 0.25) is 0 Å². The summed E-state index contributed by atoms with van der Waals surface area (Å²) in [4.78, 5) is 16.8. The summed E-state index contributed by atoms with van der Waals surface area (Å²) in [6, 6.07) is 5.69. The lowest BCUT2D eigenvalue weighted by atomic mass is 10.1. The molecule has 1 heterocycles. The number of hydrogen-bond acceptors (Lipinski definition) is 5. The van der Waals surface area contributed by atoms with Crippen LogP contribution in [0.4, 0.5) is 0 Å². The number of methoxy groups -OCH3 is 1. The van der Waals surface area contributed by atoms with Crippen molar-refractivity contribution in [2.75, 3.05) is 60.0 Å². The fraction of sp³-hybridized carbons (Fsp3) is 0.550. The van der Waals surface area contributed by atoms with E-state index in [1.165, 1.54) is 0 Å². The molecule has 6 nitrogen and oxygen atoms in total. The smallest absolute Gasteiger partial charge is 0.257 e. The SMILES string of the molecule is C=CCc1ccc(OCC(=O)NCCCN2CCN(C)CC2)c(OC)c1. The lowest BCUT2D eigenvalue weighted by molar-refractivity contribution is -0.123. The summed E-state index contributed by atoms with van der Waals surface area (Å²) in [5, 5.41) is 2.92. The Bertz CT molecular complexity index is 584. The molecule has 0 unspecified atom stereocenters. The highest BCUT2D eigenvalue weighted by atomic mass is 16.5. The Hall–Kier alpha value is -2.05. The number of hydrogen-bond donors (Lipinski definition) is 1. The summed E-state index contributed by atoms with van der Waals surface area (Å²) in [6.45, 7) is 9.87. The van der Waals surface area contributed by atoms with Gasteiger partial charge in [0.05, 0.1) is 7.11 Å². The van der Waals surface area contributed by atoms with E-state index in [0.29, 0.717) is 18.0 Å². The molecule has 0 atom stereocenters. The molecule has 1 N–H and O–H groups in total. The van der Waals surface area contributed by atoms with Crippen LogP contribution in [0.25, 0.3) is 0 Å². The van der Waals surface area contributed by atoms with Crippen LogP contribution in [0, 0.1) is 0 Å². The molecule has 26 heavy (non-hydrogen) atoms. The Morgan fingerprint density at radius 1 is 1.27 bits per heavy atom. The molecule has 1 amide bonds. The molecule has 1 aliphatic heterocycles. The lowest BCUT2D eigenvalue weighted by Gasteiger charge is -2.32. The quantitative estimate of drug-likeness (QED) is 0.506. The molecule has 6 heteroatoms. The fourth-order valence-corrected chi connectivity index (χ4v) is 2.92. The third-order valence-electron chi connectivity index (χ3n) is 4.54. The fourth-order valence-electron chi connectivity index (χ4n) is 2.92. The Labute approximate surface area is 156 Å². The lowest BCUT2D eigenvalue weighted by Crippen LogP contribution is -2.45. The summed E-state index contributed by atoms with van der Waals surface area (Å²) >= 11 is 0. The van der Waals surface area contributed by atoms with Gasteiger partial charge in [-0.3, -0.25) is 4.79 Å². The van der Waals surface area contributed by atoms with Crippen molar-refractivity contribution in [3.63, 3.8) is 0 Å². The van der Waals surface area contributed by atoms with Gasteiger partial charge < -0.3 is 24.6 Å². The van der Waals surface area contributed by atoms with E-state index in [2.05, 4.69) is 28.7 Å². The number of ether oxygens (including phenoxy) is 2. The van der Waals surface area contributed by atoms with Crippen LogP contribution in [0.15, 0.2) is 30.9 Å². The van der Waals surface area contributed by atoms with Crippen molar-refractivity contribution < 1.29 is 14.3 Å². The number of amides is 1. The Kier molecular flexibility index (Phi) is 8.44. The van der Waals surface area contributed by atoms with Crippen molar-refractivity contribution in [1.82, 2.24) is 15.1 Å². The molecule has 1 aromatic carbocycles. The first-order chi connectivity index (χ1) is 12.6. The van der Waals surface area contributed by atoms with Crippen LogP contribution >= 0.6 is 0 Å². The van der Waals surface area contributed by atoms with E-state index >= 15 is 0 Å². The predicted molar refractivity (Wildman–Crippen MR) is 104 cm³/mol. The van der Waals surface area contributed by atoms with Crippen molar-refractivity contribution in [2.45, 2.75) is 12.8 Å². The number of benzene rings is 1. The number of nitrogens with zero attached hydrogens (tertiary/aromatic N) is 2. The predicted octanol–water partition coefficient (Wildman–Crippen LogP) is 1.56. The first-order valence-corrected chi connectivity index (χ1v) is 9.20. The van der Waals surface area contributed by atoms with E-state index in [4.69, 9.17) is 9.47 Å². The molecule has 0 aromatic heterocycles. The largest absolute Gasteiger partial charge is 0.493 e. The number of likely N-dealkylation sites (N-methyl/N-ethyl adjacent to an activating group) is 1. The zero-order valence-electron chi connectivity index (χ0n) is 16.0. The third-order valence-corrected chi connectivity index (χ3v) is 4.54. The second-order valence-electron chi connectivity index (χ2n) is 6.62. The molecule has 0 saturated carbocycles. The average molecular weight is 361 g/mol. The monoisotopic (exact) mass is 361 g/mol. The van der Waals surface area contributed by atoms with Gasteiger partial charge in [-0.25, -0.2) is 0 Å². The van der Waals surface area contributed by atoms with Gasteiger partial charge in [0.25, 0.3) is 5.91 Å². The molecular formula is C20H31N3O3. The van der Waals surface area contributed by atoms with Crippen LogP contribution in [0.1, 0.15) is 12.0 Å². The van der Waals surface area contributed by atoms with Crippen molar-refractivity contribution in [1.29, 1.82) is 0 Å². The second kappa shape index (κ2) is 10.8. The van der Waals surface area contributed by atoms with E-state index in [1.54, 1.807) is 7.11 Å². The minimum atomic E-state index is -0.111. The number of carbonyl (C=O) groups excluding carboxylic acids is 1. The highest BCUT2D eigenvalue weighted by molar-refractivity contribution is 5.77. The maximum Gasteiger partial charge on any atom is 0.257 e. The molecule has 0 spiro atoms. The molecule has 144 valence electrons. The van der Waals surface area contributed by atoms with Gasteiger partial charge in [-0.05, 0) is 44.1 Å². The van der Waals surface area contributed by atoms with Crippen LogP contribution in [0.5, 0.6) is 11.5 Å². The van der Waals surface area contributed by atoms with Gasteiger partial charge >= 0.3 is 0 Å². The van der Waals surface area contributed by atoms with Crippen molar-refractivity contribution in [2.24, 2.45) is 0 Å². The highest BCUT2D eigenvalue weighted by Gasteiger charge is 2.13. The average Bonchev–Trinajstić information content (AvgIpc) is 2.65. The molecule has 2 rings (SSSR count). The van der Waals surface area contributed by atoms with Crippen LogP contribution in [0.2, 0.25) is 0 Å². The molecular weight excluding hydrogens is 330 g/mol. The second-order valence-corrected chi connectivity index (χ2v) is 6.62. The topological polar surface area (TPSA) is 54.0 Å². The van der Waals surface area contributed by atoms with Gasteiger partial charge in [0.1, 0.15) is 0 Å². The first-order valence-electron chi connectivity index (χ1n) is 9.20. The minimum Gasteiger partial charge on any atom is -0.493 e. The number of carbonyl (C=O) groups is 1. The maximum absolute atomic E-state index is 12.0. The molecule has 0 bridgehead atoms. The van der Waals surface area contributed by atoms with Crippen molar-refractivity contribution in [3.8, 4) is 11.5 Å². The Balaban J connectivity index is 1.66. The minimum absolute atomic E-state index is 0.00826. The van der Waals surface area contributed by atoms with Gasteiger partial charge in [-0.2, -0.15) is 0 Å².